The van der Waals surface area contributed by atoms with E-state index in [1.807, 2.05) is 0 Å². The number of aliphatic carboxylic acids is 1. The van der Waals surface area contributed by atoms with Crippen LogP contribution in [0.1, 0.15) is 28.9 Å². The third-order valence-corrected chi connectivity index (χ3v) is 2.29. The molecule has 0 amide bonds. The SMILES string of the molecule is COC(=O)c1cc(C(C)C(=O)O)cn1C. The number of carbonyl (C=O) groups excluding carboxylic acids is 1. The highest BCUT2D eigenvalue weighted by molar-refractivity contribution is 5.88. The van der Waals surface area contributed by atoms with Crippen LogP contribution in [-0.4, -0.2) is 28.7 Å². The van der Waals surface area contributed by atoms with Crippen molar-refractivity contribution in [2.24, 2.45) is 7.05 Å². The fraction of sp³-hybridized carbons (Fsp3) is 0.400. The largest absolute Gasteiger partial charge is 0.481 e. The van der Waals surface area contributed by atoms with Gasteiger partial charge < -0.3 is 14.4 Å². The number of aromatic nitrogens is 1. The molecule has 5 heteroatoms. The molecule has 1 N–H and O–H groups in total. The monoisotopic (exact) mass is 211 g/mol. The summed E-state index contributed by atoms with van der Waals surface area (Å²) in [4.78, 5) is 22.0. The maximum Gasteiger partial charge on any atom is 0.354 e. The summed E-state index contributed by atoms with van der Waals surface area (Å²) in [5.41, 5.74) is 0.936. The number of hydrogen-bond acceptors (Lipinski definition) is 3. The van der Waals surface area contributed by atoms with E-state index in [0.717, 1.165) is 0 Å². The Bertz CT molecular complexity index is 394. The van der Waals surface area contributed by atoms with E-state index < -0.39 is 17.9 Å². The summed E-state index contributed by atoms with van der Waals surface area (Å²) >= 11 is 0. The zero-order valence-electron chi connectivity index (χ0n) is 8.85. The smallest absolute Gasteiger partial charge is 0.354 e. The maximum atomic E-state index is 11.2. The predicted octanol–water partition coefficient (Wildman–Crippen LogP) is 1.000. The van der Waals surface area contributed by atoms with Gasteiger partial charge in [-0.25, -0.2) is 4.79 Å². The van der Waals surface area contributed by atoms with Gasteiger partial charge in [0.2, 0.25) is 0 Å². The minimum absolute atomic E-state index is 0.348. The Labute approximate surface area is 87.3 Å². The third kappa shape index (κ3) is 2.18. The first-order valence-electron chi connectivity index (χ1n) is 4.44. The third-order valence-electron chi connectivity index (χ3n) is 2.29. The second-order valence-electron chi connectivity index (χ2n) is 3.32. The normalized spacial score (nSPS) is 12.2. The number of carbonyl (C=O) groups is 2. The number of carboxylic acid groups (broad SMARTS) is 1. The van der Waals surface area contributed by atoms with Gasteiger partial charge >= 0.3 is 11.9 Å². The average molecular weight is 211 g/mol. The summed E-state index contributed by atoms with van der Waals surface area (Å²) in [6, 6.07) is 1.53. The molecule has 0 fully saturated rings. The molecule has 1 atom stereocenters. The lowest BCUT2D eigenvalue weighted by Crippen LogP contribution is -2.06. The number of hydrogen-bond donors (Lipinski definition) is 1. The molecule has 0 aliphatic rings. The van der Waals surface area contributed by atoms with E-state index in [2.05, 4.69) is 4.74 Å². The van der Waals surface area contributed by atoms with Gasteiger partial charge in [0.05, 0.1) is 13.0 Å². The first kappa shape index (κ1) is 11.3. The highest BCUT2D eigenvalue weighted by Gasteiger charge is 2.19. The lowest BCUT2D eigenvalue weighted by atomic mass is 10.1. The Morgan fingerprint density at radius 1 is 1.53 bits per heavy atom. The van der Waals surface area contributed by atoms with Crippen LogP contribution in [0.25, 0.3) is 0 Å². The van der Waals surface area contributed by atoms with Gasteiger partial charge in [0, 0.05) is 13.2 Å². The van der Waals surface area contributed by atoms with Crippen LogP contribution in [0.3, 0.4) is 0 Å². The summed E-state index contributed by atoms with van der Waals surface area (Å²) in [6.07, 6.45) is 1.62. The van der Waals surface area contributed by atoms with Crippen molar-refractivity contribution >= 4 is 11.9 Å². The number of aryl methyl sites for hydroxylation is 1. The molecule has 1 rings (SSSR count). The van der Waals surface area contributed by atoms with Gasteiger partial charge in [-0.3, -0.25) is 4.79 Å². The molecular formula is C10H13NO4. The summed E-state index contributed by atoms with van der Waals surface area (Å²) in [5.74, 6) is -2.02. The second-order valence-corrected chi connectivity index (χ2v) is 3.32. The quantitative estimate of drug-likeness (QED) is 0.757. The van der Waals surface area contributed by atoms with E-state index in [1.165, 1.54) is 13.2 Å². The highest BCUT2D eigenvalue weighted by atomic mass is 16.5. The van der Waals surface area contributed by atoms with Crippen LogP contribution in [0.5, 0.6) is 0 Å². The van der Waals surface area contributed by atoms with Crippen LogP contribution >= 0.6 is 0 Å². The van der Waals surface area contributed by atoms with Crippen molar-refractivity contribution in [2.75, 3.05) is 7.11 Å². The summed E-state index contributed by atoms with van der Waals surface area (Å²) < 4.78 is 6.12. The molecule has 1 aromatic rings. The standard InChI is InChI=1S/C10H13NO4/c1-6(9(12)13)7-4-8(10(14)15-3)11(2)5-7/h4-6H,1-3H3,(H,12,13). The first-order chi connectivity index (χ1) is 6.97. The molecule has 82 valence electrons. The van der Waals surface area contributed by atoms with Crippen LogP contribution < -0.4 is 0 Å². The molecule has 0 saturated carbocycles. The molecule has 1 unspecified atom stereocenters. The topological polar surface area (TPSA) is 68.5 Å². The maximum absolute atomic E-state index is 11.2. The highest BCUT2D eigenvalue weighted by Crippen LogP contribution is 2.18. The minimum atomic E-state index is -0.919. The number of nitrogens with zero attached hydrogens (tertiary/aromatic N) is 1. The molecule has 0 bridgehead atoms. The van der Waals surface area contributed by atoms with E-state index in [0.29, 0.717) is 11.3 Å². The Morgan fingerprint density at radius 2 is 2.13 bits per heavy atom. The van der Waals surface area contributed by atoms with Gasteiger partial charge in [-0.1, -0.05) is 0 Å². The molecule has 1 heterocycles. The molecule has 1 aromatic heterocycles. The summed E-state index contributed by atoms with van der Waals surface area (Å²) in [5, 5.41) is 8.81. The fourth-order valence-electron chi connectivity index (χ4n) is 1.28. The Hall–Kier alpha value is -1.78. The number of ether oxygens (including phenoxy) is 1. The zero-order valence-corrected chi connectivity index (χ0v) is 8.85. The molecule has 0 spiro atoms. The Morgan fingerprint density at radius 3 is 2.60 bits per heavy atom. The lowest BCUT2D eigenvalue weighted by Gasteiger charge is -2.00. The van der Waals surface area contributed by atoms with Gasteiger partial charge in [0.1, 0.15) is 5.69 Å². The molecule has 5 nitrogen and oxygen atoms in total. The zero-order chi connectivity index (χ0) is 11.6. The van der Waals surface area contributed by atoms with Crippen molar-refractivity contribution in [3.8, 4) is 0 Å². The first-order valence-corrected chi connectivity index (χ1v) is 4.44. The van der Waals surface area contributed by atoms with Gasteiger partial charge in [-0.05, 0) is 18.6 Å². The molecule has 0 aliphatic heterocycles. The van der Waals surface area contributed by atoms with Crippen LogP contribution in [0.15, 0.2) is 12.3 Å². The van der Waals surface area contributed by atoms with Gasteiger partial charge in [-0.2, -0.15) is 0 Å². The summed E-state index contributed by atoms with van der Waals surface area (Å²) in [7, 11) is 2.96. The fourth-order valence-corrected chi connectivity index (χ4v) is 1.28. The van der Waals surface area contributed by atoms with Crippen LogP contribution in [-0.2, 0) is 16.6 Å². The van der Waals surface area contributed by atoms with Crippen LogP contribution in [0.4, 0.5) is 0 Å². The number of rotatable bonds is 3. The van der Waals surface area contributed by atoms with Crippen molar-refractivity contribution < 1.29 is 19.4 Å². The van der Waals surface area contributed by atoms with Gasteiger partial charge in [0.15, 0.2) is 0 Å². The van der Waals surface area contributed by atoms with Crippen molar-refractivity contribution in [1.29, 1.82) is 0 Å². The molecule has 0 aromatic carbocycles. The van der Waals surface area contributed by atoms with E-state index >= 15 is 0 Å². The van der Waals surface area contributed by atoms with Crippen LogP contribution in [0, 0.1) is 0 Å². The minimum Gasteiger partial charge on any atom is -0.481 e. The van der Waals surface area contributed by atoms with Crippen molar-refractivity contribution in [1.82, 2.24) is 4.57 Å². The number of carboxylic acids is 1. The van der Waals surface area contributed by atoms with Crippen molar-refractivity contribution in [3.05, 3.63) is 23.5 Å². The Balaban J connectivity index is 3.05. The van der Waals surface area contributed by atoms with E-state index in [9.17, 15) is 9.59 Å². The van der Waals surface area contributed by atoms with Gasteiger partial charge in [-0.15, -0.1) is 0 Å². The lowest BCUT2D eigenvalue weighted by molar-refractivity contribution is -0.138. The molecule has 0 radical (unpaired) electrons. The molecule has 0 aliphatic carbocycles. The number of methoxy groups -OCH3 is 1. The van der Waals surface area contributed by atoms with Gasteiger partial charge in [0.25, 0.3) is 0 Å². The predicted molar refractivity (Wildman–Crippen MR) is 52.8 cm³/mol. The van der Waals surface area contributed by atoms with Crippen molar-refractivity contribution in [2.45, 2.75) is 12.8 Å². The average Bonchev–Trinajstić information content (AvgIpc) is 2.57. The molecular weight excluding hydrogens is 198 g/mol. The van der Waals surface area contributed by atoms with E-state index in [4.69, 9.17) is 5.11 Å². The van der Waals surface area contributed by atoms with E-state index in [-0.39, 0.29) is 0 Å². The Kier molecular flexibility index (Phi) is 3.14. The molecule has 0 saturated heterocycles. The molecule has 15 heavy (non-hydrogen) atoms. The van der Waals surface area contributed by atoms with Crippen molar-refractivity contribution in [3.63, 3.8) is 0 Å². The summed E-state index contributed by atoms with van der Waals surface area (Å²) in [6.45, 7) is 1.57. The van der Waals surface area contributed by atoms with Crippen LogP contribution in [0.2, 0.25) is 0 Å². The second kappa shape index (κ2) is 4.16. The number of esters is 1. The van der Waals surface area contributed by atoms with E-state index in [1.54, 1.807) is 24.7 Å².